The topological polar surface area (TPSA) is 12.5 Å². The molecular weight excluding hydrogens is 258 g/mol. The van der Waals surface area contributed by atoms with Gasteiger partial charge in [0.25, 0.3) is 0 Å². The zero-order valence-electron chi connectivity index (χ0n) is 15.0. The van der Waals surface area contributed by atoms with Crippen molar-refractivity contribution in [2.24, 2.45) is 11.8 Å². The first kappa shape index (κ1) is 17.3. The quantitative estimate of drug-likeness (QED) is 0.717. The summed E-state index contributed by atoms with van der Waals surface area (Å²) in [5.74, 6) is 1.96. The van der Waals surface area contributed by atoms with Crippen molar-refractivity contribution >= 4 is 0 Å². The third-order valence-corrected chi connectivity index (χ3v) is 5.82. The SMILES string of the molecule is CCC1CCC(CN2C(C)CC(OC(C)C)C[C@H]2C)CC1. The molecule has 1 aliphatic heterocycles. The van der Waals surface area contributed by atoms with Gasteiger partial charge in [0.2, 0.25) is 0 Å². The van der Waals surface area contributed by atoms with E-state index in [-0.39, 0.29) is 0 Å². The summed E-state index contributed by atoms with van der Waals surface area (Å²) < 4.78 is 6.07. The molecular formula is C19H37NO. The molecule has 1 saturated heterocycles. The van der Waals surface area contributed by atoms with Crippen molar-refractivity contribution in [1.29, 1.82) is 0 Å². The van der Waals surface area contributed by atoms with Gasteiger partial charge in [-0.3, -0.25) is 4.90 Å². The molecule has 124 valence electrons. The van der Waals surface area contributed by atoms with E-state index < -0.39 is 0 Å². The Bertz CT molecular complexity index is 284. The number of ether oxygens (including phenoxy) is 1. The molecule has 1 aliphatic carbocycles. The maximum absolute atomic E-state index is 6.07. The van der Waals surface area contributed by atoms with Gasteiger partial charge >= 0.3 is 0 Å². The average Bonchev–Trinajstić information content (AvgIpc) is 2.43. The van der Waals surface area contributed by atoms with E-state index >= 15 is 0 Å². The molecule has 2 unspecified atom stereocenters. The van der Waals surface area contributed by atoms with Crippen molar-refractivity contribution in [3.63, 3.8) is 0 Å². The lowest BCUT2D eigenvalue weighted by Crippen LogP contribution is -2.51. The van der Waals surface area contributed by atoms with Gasteiger partial charge in [-0.05, 0) is 65.2 Å². The third-order valence-electron chi connectivity index (χ3n) is 5.82. The third kappa shape index (κ3) is 4.96. The molecule has 0 aromatic rings. The van der Waals surface area contributed by atoms with E-state index in [9.17, 15) is 0 Å². The Hall–Kier alpha value is -0.0800. The van der Waals surface area contributed by atoms with E-state index in [1.54, 1.807) is 0 Å². The minimum Gasteiger partial charge on any atom is -0.375 e. The summed E-state index contributed by atoms with van der Waals surface area (Å²) >= 11 is 0. The van der Waals surface area contributed by atoms with Crippen LogP contribution in [0.5, 0.6) is 0 Å². The second-order valence-corrected chi connectivity index (χ2v) is 7.97. The predicted molar refractivity (Wildman–Crippen MR) is 90.6 cm³/mol. The molecule has 2 aliphatic rings. The molecule has 0 bridgehead atoms. The first-order chi connectivity index (χ1) is 9.99. The van der Waals surface area contributed by atoms with Crippen LogP contribution in [-0.4, -0.2) is 35.7 Å². The van der Waals surface area contributed by atoms with Gasteiger partial charge in [-0.1, -0.05) is 26.2 Å². The van der Waals surface area contributed by atoms with Crippen molar-refractivity contribution in [3.8, 4) is 0 Å². The molecule has 3 atom stereocenters. The number of rotatable bonds is 5. The zero-order valence-corrected chi connectivity index (χ0v) is 15.0. The highest BCUT2D eigenvalue weighted by molar-refractivity contribution is 4.87. The van der Waals surface area contributed by atoms with Crippen LogP contribution in [0, 0.1) is 11.8 Å². The Morgan fingerprint density at radius 2 is 1.48 bits per heavy atom. The minimum absolute atomic E-state index is 0.366. The van der Waals surface area contributed by atoms with Crippen molar-refractivity contribution < 1.29 is 4.74 Å². The average molecular weight is 296 g/mol. The summed E-state index contributed by atoms with van der Waals surface area (Å²) in [6.07, 6.45) is 10.5. The van der Waals surface area contributed by atoms with Crippen LogP contribution < -0.4 is 0 Å². The molecule has 2 nitrogen and oxygen atoms in total. The van der Waals surface area contributed by atoms with Crippen molar-refractivity contribution in [2.45, 2.75) is 104 Å². The zero-order chi connectivity index (χ0) is 15.4. The first-order valence-corrected chi connectivity index (χ1v) is 9.40. The van der Waals surface area contributed by atoms with Gasteiger partial charge in [0.05, 0.1) is 12.2 Å². The Labute approximate surface area is 132 Å². The monoisotopic (exact) mass is 295 g/mol. The highest BCUT2D eigenvalue weighted by Gasteiger charge is 2.33. The van der Waals surface area contributed by atoms with Crippen LogP contribution in [0.15, 0.2) is 0 Å². The summed E-state index contributed by atoms with van der Waals surface area (Å²) in [7, 11) is 0. The van der Waals surface area contributed by atoms with Crippen LogP contribution >= 0.6 is 0 Å². The fourth-order valence-electron chi connectivity index (χ4n) is 4.54. The van der Waals surface area contributed by atoms with E-state index in [0.29, 0.717) is 24.3 Å². The fraction of sp³-hybridized carbons (Fsp3) is 1.00. The van der Waals surface area contributed by atoms with Gasteiger partial charge in [0.15, 0.2) is 0 Å². The summed E-state index contributed by atoms with van der Waals surface area (Å²) in [5.41, 5.74) is 0. The number of nitrogens with zero attached hydrogens (tertiary/aromatic N) is 1. The van der Waals surface area contributed by atoms with E-state index in [2.05, 4.69) is 39.5 Å². The van der Waals surface area contributed by atoms with E-state index in [1.807, 2.05) is 0 Å². The lowest BCUT2D eigenvalue weighted by atomic mass is 9.80. The van der Waals surface area contributed by atoms with E-state index in [4.69, 9.17) is 4.74 Å². The molecule has 1 saturated carbocycles. The molecule has 0 aromatic heterocycles. The van der Waals surface area contributed by atoms with Crippen LogP contribution in [0.3, 0.4) is 0 Å². The summed E-state index contributed by atoms with van der Waals surface area (Å²) in [5, 5.41) is 0. The van der Waals surface area contributed by atoms with Crippen LogP contribution in [0.4, 0.5) is 0 Å². The van der Waals surface area contributed by atoms with E-state index in [1.165, 1.54) is 51.5 Å². The molecule has 2 fully saturated rings. The molecule has 21 heavy (non-hydrogen) atoms. The lowest BCUT2D eigenvalue weighted by molar-refractivity contribution is -0.0632. The molecule has 1 heterocycles. The molecule has 2 heteroatoms. The van der Waals surface area contributed by atoms with Crippen molar-refractivity contribution in [2.75, 3.05) is 6.54 Å². The second kappa shape index (κ2) is 7.97. The highest BCUT2D eigenvalue weighted by atomic mass is 16.5. The predicted octanol–water partition coefficient (Wildman–Crippen LogP) is 4.87. The summed E-state index contributed by atoms with van der Waals surface area (Å²) in [6.45, 7) is 12.8. The summed E-state index contributed by atoms with van der Waals surface area (Å²) in [6, 6.07) is 1.36. The summed E-state index contributed by atoms with van der Waals surface area (Å²) in [4.78, 5) is 2.77. The normalized spacial score (nSPS) is 38.9. The number of likely N-dealkylation sites (tertiary alicyclic amines) is 1. The Kier molecular flexibility index (Phi) is 6.55. The number of hydrogen-bond donors (Lipinski definition) is 0. The largest absolute Gasteiger partial charge is 0.375 e. The van der Waals surface area contributed by atoms with Gasteiger partial charge in [0, 0.05) is 18.6 Å². The molecule has 0 N–H and O–H groups in total. The van der Waals surface area contributed by atoms with Gasteiger partial charge < -0.3 is 4.74 Å². The Balaban J connectivity index is 1.81. The van der Waals surface area contributed by atoms with Crippen molar-refractivity contribution in [1.82, 2.24) is 4.90 Å². The minimum atomic E-state index is 0.366. The van der Waals surface area contributed by atoms with Gasteiger partial charge in [-0.25, -0.2) is 0 Å². The number of piperidine rings is 1. The molecule has 0 spiro atoms. The fourth-order valence-corrected chi connectivity index (χ4v) is 4.54. The Morgan fingerprint density at radius 1 is 0.952 bits per heavy atom. The van der Waals surface area contributed by atoms with Crippen LogP contribution in [0.2, 0.25) is 0 Å². The standard InChI is InChI=1S/C19H37NO/c1-6-17-7-9-18(10-8-17)13-20-15(4)11-19(12-16(20)5)21-14(2)3/h14-19H,6-13H2,1-5H3/t15-,16?,17?,18?,19?/m1/s1. The van der Waals surface area contributed by atoms with Gasteiger partial charge in [-0.2, -0.15) is 0 Å². The highest BCUT2D eigenvalue weighted by Crippen LogP contribution is 2.34. The molecule has 0 amide bonds. The molecule has 2 rings (SSSR count). The van der Waals surface area contributed by atoms with Gasteiger partial charge in [-0.15, -0.1) is 0 Å². The van der Waals surface area contributed by atoms with Crippen LogP contribution in [0.1, 0.15) is 79.6 Å². The first-order valence-electron chi connectivity index (χ1n) is 9.40. The maximum Gasteiger partial charge on any atom is 0.0608 e. The maximum atomic E-state index is 6.07. The Morgan fingerprint density at radius 3 is 1.95 bits per heavy atom. The van der Waals surface area contributed by atoms with E-state index in [0.717, 1.165) is 11.8 Å². The lowest BCUT2D eigenvalue weighted by Gasteiger charge is -2.45. The number of hydrogen-bond acceptors (Lipinski definition) is 2. The van der Waals surface area contributed by atoms with Crippen LogP contribution in [-0.2, 0) is 4.74 Å². The van der Waals surface area contributed by atoms with Gasteiger partial charge in [0.1, 0.15) is 0 Å². The molecule has 0 aromatic carbocycles. The second-order valence-electron chi connectivity index (χ2n) is 7.97. The molecule has 0 radical (unpaired) electrons. The van der Waals surface area contributed by atoms with Crippen LogP contribution in [0.25, 0.3) is 0 Å². The smallest absolute Gasteiger partial charge is 0.0608 e. The van der Waals surface area contributed by atoms with Crippen molar-refractivity contribution in [3.05, 3.63) is 0 Å².